The monoisotopic (exact) mass is 458 g/mol. The summed E-state index contributed by atoms with van der Waals surface area (Å²) in [6.07, 6.45) is 1.01. The van der Waals surface area contributed by atoms with E-state index in [1.54, 1.807) is 24.3 Å². The van der Waals surface area contributed by atoms with Crippen molar-refractivity contribution in [3.63, 3.8) is 0 Å². The Morgan fingerprint density at radius 3 is 1.85 bits per heavy atom. The number of rotatable bonds is 11. The van der Waals surface area contributed by atoms with Crippen LogP contribution in [0.25, 0.3) is 0 Å². The van der Waals surface area contributed by atoms with Crippen molar-refractivity contribution in [2.75, 3.05) is 13.2 Å². The Hall–Kier alpha value is -3.93. The van der Waals surface area contributed by atoms with Crippen molar-refractivity contribution in [3.8, 4) is 0 Å². The van der Waals surface area contributed by atoms with Gasteiger partial charge in [-0.05, 0) is 29.7 Å². The van der Waals surface area contributed by atoms with Crippen molar-refractivity contribution < 1.29 is 19.1 Å². The Balaban J connectivity index is 1.68. The van der Waals surface area contributed by atoms with E-state index in [0.717, 1.165) is 11.1 Å². The molecule has 0 saturated carbocycles. The van der Waals surface area contributed by atoms with E-state index in [-0.39, 0.29) is 30.3 Å². The molecule has 6 nitrogen and oxygen atoms in total. The van der Waals surface area contributed by atoms with Crippen LogP contribution in [-0.4, -0.2) is 37.0 Å². The van der Waals surface area contributed by atoms with Crippen molar-refractivity contribution in [2.24, 2.45) is 5.92 Å². The number of amides is 2. The third kappa shape index (κ3) is 8.20. The summed E-state index contributed by atoms with van der Waals surface area (Å²) in [4.78, 5) is 37.3. The van der Waals surface area contributed by atoms with E-state index in [0.29, 0.717) is 24.9 Å². The van der Waals surface area contributed by atoms with Gasteiger partial charge in [-0.1, -0.05) is 78.9 Å². The zero-order valence-electron chi connectivity index (χ0n) is 19.3. The first-order chi connectivity index (χ1) is 16.5. The zero-order valence-corrected chi connectivity index (χ0v) is 19.3. The van der Waals surface area contributed by atoms with Crippen LogP contribution >= 0.6 is 0 Å². The summed E-state index contributed by atoms with van der Waals surface area (Å²) in [7, 11) is 0. The second-order valence-corrected chi connectivity index (χ2v) is 8.19. The number of carbonyl (C=O) groups is 3. The minimum Gasteiger partial charge on any atom is -0.465 e. The molecule has 0 aromatic heterocycles. The maximum absolute atomic E-state index is 13.2. The van der Waals surface area contributed by atoms with Gasteiger partial charge in [-0.2, -0.15) is 0 Å². The molecule has 3 aromatic carbocycles. The van der Waals surface area contributed by atoms with E-state index in [1.807, 2.05) is 66.7 Å². The molecule has 0 saturated heterocycles. The van der Waals surface area contributed by atoms with Crippen molar-refractivity contribution >= 4 is 17.8 Å². The molecule has 3 aromatic rings. The highest BCUT2D eigenvalue weighted by atomic mass is 16.5. The lowest BCUT2D eigenvalue weighted by atomic mass is 9.99. The van der Waals surface area contributed by atoms with Crippen molar-refractivity contribution in [1.82, 2.24) is 10.6 Å². The molecule has 0 spiro atoms. The lowest BCUT2D eigenvalue weighted by molar-refractivity contribution is -0.142. The molecule has 0 aliphatic rings. The summed E-state index contributed by atoms with van der Waals surface area (Å²) in [6, 6.07) is 27.5. The summed E-state index contributed by atoms with van der Waals surface area (Å²) < 4.78 is 5.23. The molecular formula is C28H30N2O4. The average molecular weight is 459 g/mol. The molecule has 0 unspecified atom stereocenters. The van der Waals surface area contributed by atoms with E-state index in [4.69, 9.17) is 4.74 Å². The molecule has 0 bridgehead atoms. The highest BCUT2D eigenvalue weighted by Gasteiger charge is 2.23. The van der Waals surface area contributed by atoms with Crippen LogP contribution < -0.4 is 10.6 Å². The molecule has 0 aliphatic heterocycles. The summed E-state index contributed by atoms with van der Waals surface area (Å²) in [5, 5.41) is 5.83. The molecular weight excluding hydrogens is 428 g/mol. The van der Waals surface area contributed by atoms with E-state index in [9.17, 15) is 14.4 Å². The Kier molecular flexibility index (Phi) is 9.40. The molecule has 34 heavy (non-hydrogen) atoms. The summed E-state index contributed by atoms with van der Waals surface area (Å²) in [5.74, 6) is -1.05. The summed E-state index contributed by atoms with van der Waals surface area (Å²) >= 11 is 0. The number of ether oxygens (including phenoxy) is 1. The van der Waals surface area contributed by atoms with Crippen LogP contribution in [0.2, 0.25) is 0 Å². The third-order valence-corrected chi connectivity index (χ3v) is 5.39. The maximum Gasteiger partial charge on any atom is 0.302 e. The number of nitrogens with one attached hydrogen (secondary N) is 2. The van der Waals surface area contributed by atoms with Gasteiger partial charge in [-0.3, -0.25) is 14.4 Å². The minimum atomic E-state index is -0.749. The van der Waals surface area contributed by atoms with E-state index < -0.39 is 6.04 Å². The first-order valence-electron chi connectivity index (χ1n) is 11.4. The van der Waals surface area contributed by atoms with Crippen molar-refractivity contribution in [3.05, 3.63) is 108 Å². The predicted octanol–water partition coefficient (Wildman–Crippen LogP) is 3.57. The molecule has 6 heteroatoms. The van der Waals surface area contributed by atoms with Gasteiger partial charge in [-0.15, -0.1) is 0 Å². The molecule has 0 heterocycles. The molecule has 0 radical (unpaired) electrons. The Morgan fingerprint density at radius 1 is 0.765 bits per heavy atom. The maximum atomic E-state index is 13.2. The van der Waals surface area contributed by atoms with Crippen LogP contribution in [0.5, 0.6) is 0 Å². The molecule has 0 fully saturated rings. The van der Waals surface area contributed by atoms with E-state index in [2.05, 4.69) is 10.6 Å². The standard InChI is InChI=1S/C28H30N2O4/c1-21(31)34-20-24(17-22-11-5-2-6-12-22)19-29-28(33)26(18-23-13-7-3-8-14-23)30-27(32)25-15-9-4-10-16-25/h2-16,24,26H,17-20H2,1H3,(H,29,33)(H,30,32)/t24-,26+/m1/s1. The fourth-order valence-electron chi connectivity index (χ4n) is 3.63. The van der Waals surface area contributed by atoms with Crippen molar-refractivity contribution in [2.45, 2.75) is 25.8 Å². The van der Waals surface area contributed by atoms with Gasteiger partial charge in [0.05, 0.1) is 6.61 Å². The number of benzene rings is 3. The normalized spacial score (nSPS) is 12.3. The van der Waals surface area contributed by atoms with Crippen LogP contribution in [0.15, 0.2) is 91.0 Å². The summed E-state index contributed by atoms with van der Waals surface area (Å²) in [6.45, 7) is 1.88. The predicted molar refractivity (Wildman–Crippen MR) is 131 cm³/mol. The lowest BCUT2D eigenvalue weighted by Gasteiger charge is -2.22. The summed E-state index contributed by atoms with van der Waals surface area (Å²) in [5.41, 5.74) is 2.52. The third-order valence-electron chi connectivity index (χ3n) is 5.39. The zero-order chi connectivity index (χ0) is 24.2. The second kappa shape index (κ2) is 12.9. The fraction of sp³-hybridized carbons (Fsp3) is 0.250. The van der Waals surface area contributed by atoms with Crippen molar-refractivity contribution in [1.29, 1.82) is 0 Å². The number of carbonyl (C=O) groups excluding carboxylic acids is 3. The lowest BCUT2D eigenvalue weighted by Crippen LogP contribution is -2.49. The highest BCUT2D eigenvalue weighted by molar-refractivity contribution is 5.97. The molecule has 0 aliphatic carbocycles. The van der Waals surface area contributed by atoms with E-state index >= 15 is 0 Å². The smallest absolute Gasteiger partial charge is 0.302 e. The van der Waals surface area contributed by atoms with Gasteiger partial charge < -0.3 is 15.4 Å². The number of hydrogen-bond acceptors (Lipinski definition) is 4. The Labute approximate surface area is 200 Å². The van der Waals surface area contributed by atoms with Crippen LogP contribution in [0.4, 0.5) is 0 Å². The first kappa shape index (κ1) is 24.7. The van der Waals surface area contributed by atoms with Gasteiger partial charge in [0.1, 0.15) is 6.04 Å². The topological polar surface area (TPSA) is 84.5 Å². The minimum absolute atomic E-state index is 0.0996. The van der Waals surface area contributed by atoms with Gasteiger partial charge in [0.2, 0.25) is 5.91 Å². The highest BCUT2D eigenvalue weighted by Crippen LogP contribution is 2.10. The van der Waals surface area contributed by atoms with Gasteiger partial charge in [-0.25, -0.2) is 0 Å². The number of esters is 1. The fourth-order valence-corrected chi connectivity index (χ4v) is 3.63. The molecule has 2 atom stereocenters. The Morgan fingerprint density at radius 2 is 1.29 bits per heavy atom. The van der Waals surface area contributed by atoms with Gasteiger partial charge in [0, 0.05) is 31.4 Å². The van der Waals surface area contributed by atoms with Crippen LogP contribution in [0.1, 0.15) is 28.4 Å². The SMILES string of the molecule is CC(=O)OC[C@@H](CNC(=O)[C@H](Cc1ccccc1)NC(=O)c1ccccc1)Cc1ccccc1. The second-order valence-electron chi connectivity index (χ2n) is 8.19. The quantitative estimate of drug-likeness (QED) is 0.430. The van der Waals surface area contributed by atoms with Crippen LogP contribution in [0, 0.1) is 5.92 Å². The first-order valence-corrected chi connectivity index (χ1v) is 11.4. The van der Waals surface area contributed by atoms with Gasteiger partial charge in [0.25, 0.3) is 5.91 Å². The Bertz CT molecular complexity index is 1060. The van der Waals surface area contributed by atoms with E-state index in [1.165, 1.54) is 6.92 Å². The van der Waals surface area contributed by atoms with Crippen LogP contribution in [0.3, 0.4) is 0 Å². The largest absolute Gasteiger partial charge is 0.465 e. The average Bonchev–Trinajstić information content (AvgIpc) is 2.86. The molecule has 2 amide bonds. The molecule has 176 valence electrons. The van der Waals surface area contributed by atoms with Gasteiger partial charge >= 0.3 is 5.97 Å². The van der Waals surface area contributed by atoms with Gasteiger partial charge in [0.15, 0.2) is 0 Å². The van der Waals surface area contributed by atoms with Crippen LogP contribution in [-0.2, 0) is 27.2 Å². The molecule has 2 N–H and O–H groups in total. The molecule has 3 rings (SSSR count). The number of hydrogen-bond donors (Lipinski definition) is 2.